The SMILES string of the molecule is C=NC(=Nc1cc(-c2nnc(C)s2)ccc1C)NC(=O)C1CCN(C(=O)c2ccccc2)CC1. The number of likely N-dealkylation sites (tertiary alicyclic amines) is 1. The Morgan fingerprint density at radius 2 is 1.82 bits per heavy atom. The lowest BCUT2D eigenvalue weighted by molar-refractivity contribution is -0.124. The number of hydrogen-bond acceptors (Lipinski definition) is 6. The summed E-state index contributed by atoms with van der Waals surface area (Å²) in [5, 5.41) is 12.8. The molecule has 2 aromatic carbocycles. The van der Waals surface area contributed by atoms with Crippen molar-refractivity contribution in [2.75, 3.05) is 13.1 Å². The summed E-state index contributed by atoms with van der Waals surface area (Å²) >= 11 is 1.51. The Morgan fingerprint density at radius 1 is 1.09 bits per heavy atom. The van der Waals surface area contributed by atoms with Crippen LogP contribution in [0.5, 0.6) is 0 Å². The predicted molar refractivity (Wildman–Crippen MR) is 135 cm³/mol. The summed E-state index contributed by atoms with van der Waals surface area (Å²) in [5.41, 5.74) is 3.18. The van der Waals surface area contributed by atoms with Crippen molar-refractivity contribution in [1.82, 2.24) is 20.4 Å². The number of aromatic nitrogens is 2. The van der Waals surface area contributed by atoms with Gasteiger partial charge < -0.3 is 4.90 Å². The Kier molecular flexibility index (Phi) is 7.22. The van der Waals surface area contributed by atoms with Gasteiger partial charge in [-0.3, -0.25) is 14.9 Å². The lowest BCUT2D eigenvalue weighted by Gasteiger charge is -2.31. The first-order valence-electron chi connectivity index (χ1n) is 11.1. The van der Waals surface area contributed by atoms with Crippen LogP contribution < -0.4 is 5.32 Å². The molecule has 3 aromatic rings. The third kappa shape index (κ3) is 5.43. The standard InChI is InChI=1S/C25H26N6O2S/c1-16-9-10-20(23-30-29-17(2)34-23)15-21(16)27-25(26-3)28-22(32)18-11-13-31(14-12-18)24(33)19-7-5-4-6-8-19/h4-10,15,18H,3,11-14H2,1-2H3,(H,27,28,32). The van der Waals surface area contributed by atoms with E-state index in [0.29, 0.717) is 37.2 Å². The summed E-state index contributed by atoms with van der Waals surface area (Å²) in [6.07, 6.45) is 1.17. The predicted octanol–water partition coefficient (Wildman–Crippen LogP) is 4.18. The van der Waals surface area contributed by atoms with Crippen molar-refractivity contribution in [3.63, 3.8) is 0 Å². The minimum atomic E-state index is -0.219. The van der Waals surface area contributed by atoms with E-state index in [1.165, 1.54) is 11.3 Å². The van der Waals surface area contributed by atoms with E-state index < -0.39 is 0 Å². The van der Waals surface area contributed by atoms with Gasteiger partial charge in [0.2, 0.25) is 11.9 Å². The molecule has 1 N–H and O–H groups in total. The smallest absolute Gasteiger partial charge is 0.253 e. The molecule has 1 saturated heterocycles. The highest BCUT2D eigenvalue weighted by atomic mass is 32.1. The number of aryl methyl sites for hydroxylation is 2. The van der Waals surface area contributed by atoms with Crippen LogP contribution in [0.15, 0.2) is 58.5 Å². The number of nitrogens with one attached hydrogen (secondary N) is 1. The number of carbonyl (C=O) groups excluding carboxylic acids is 2. The molecule has 0 spiro atoms. The third-order valence-corrected chi connectivity index (χ3v) is 6.65. The average Bonchev–Trinajstić information content (AvgIpc) is 3.31. The highest BCUT2D eigenvalue weighted by Crippen LogP contribution is 2.29. The molecule has 0 aliphatic carbocycles. The van der Waals surface area contributed by atoms with E-state index in [2.05, 4.69) is 32.2 Å². The van der Waals surface area contributed by atoms with Crippen molar-refractivity contribution in [2.24, 2.45) is 15.9 Å². The summed E-state index contributed by atoms with van der Waals surface area (Å²) < 4.78 is 0. The van der Waals surface area contributed by atoms with Gasteiger partial charge in [0.25, 0.3) is 5.91 Å². The van der Waals surface area contributed by atoms with Crippen LogP contribution in [-0.2, 0) is 4.79 Å². The number of benzene rings is 2. The lowest BCUT2D eigenvalue weighted by Crippen LogP contribution is -2.44. The van der Waals surface area contributed by atoms with Crippen LogP contribution >= 0.6 is 11.3 Å². The molecule has 9 heteroatoms. The third-order valence-electron chi connectivity index (χ3n) is 5.77. The average molecular weight is 475 g/mol. The second-order valence-electron chi connectivity index (χ2n) is 8.14. The first-order chi connectivity index (χ1) is 16.4. The van der Waals surface area contributed by atoms with E-state index in [0.717, 1.165) is 21.1 Å². The molecule has 1 aliphatic rings. The lowest BCUT2D eigenvalue weighted by atomic mass is 9.95. The number of nitrogens with zero attached hydrogens (tertiary/aromatic N) is 5. The molecule has 0 atom stereocenters. The minimum Gasteiger partial charge on any atom is -0.339 e. The summed E-state index contributed by atoms with van der Waals surface area (Å²) in [6, 6.07) is 15.0. The fourth-order valence-electron chi connectivity index (χ4n) is 3.81. The maximum Gasteiger partial charge on any atom is 0.253 e. The van der Waals surface area contributed by atoms with Gasteiger partial charge >= 0.3 is 0 Å². The van der Waals surface area contributed by atoms with Gasteiger partial charge in [-0.2, -0.15) is 0 Å². The van der Waals surface area contributed by atoms with Crippen molar-refractivity contribution in [2.45, 2.75) is 26.7 Å². The maximum absolute atomic E-state index is 12.9. The molecule has 0 saturated carbocycles. The van der Waals surface area contributed by atoms with Gasteiger partial charge in [0.1, 0.15) is 10.0 Å². The normalized spacial score (nSPS) is 14.6. The maximum atomic E-state index is 12.9. The van der Waals surface area contributed by atoms with Crippen molar-refractivity contribution < 1.29 is 9.59 Å². The fourth-order valence-corrected chi connectivity index (χ4v) is 4.50. The molecular formula is C25H26N6O2S. The Hall–Kier alpha value is -3.72. The van der Waals surface area contributed by atoms with Crippen LogP contribution in [0.3, 0.4) is 0 Å². The van der Waals surface area contributed by atoms with Gasteiger partial charge in [-0.1, -0.05) is 41.7 Å². The van der Waals surface area contributed by atoms with E-state index in [1.54, 1.807) is 4.90 Å². The number of amides is 2. The Bertz CT molecular complexity index is 1230. The van der Waals surface area contributed by atoms with Crippen LogP contribution in [-0.4, -0.2) is 52.7 Å². The summed E-state index contributed by atoms with van der Waals surface area (Å²) in [7, 11) is 0. The monoisotopic (exact) mass is 474 g/mol. The van der Waals surface area contributed by atoms with E-state index in [4.69, 9.17) is 0 Å². The highest BCUT2D eigenvalue weighted by molar-refractivity contribution is 7.14. The topological polar surface area (TPSA) is 99.9 Å². The van der Waals surface area contributed by atoms with Crippen molar-refractivity contribution in [3.8, 4) is 10.6 Å². The number of aliphatic imine (C=N–C) groups is 2. The van der Waals surface area contributed by atoms with Gasteiger partial charge in [0.05, 0.1) is 5.69 Å². The zero-order valence-electron chi connectivity index (χ0n) is 19.2. The zero-order chi connectivity index (χ0) is 24.1. The van der Waals surface area contributed by atoms with Crippen LogP contribution in [0.2, 0.25) is 0 Å². The molecule has 0 radical (unpaired) electrons. The molecule has 34 heavy (non-hydrogen) atoms. The molecule has 1 aromatic heterocycles. The molecular weight excluding hydrogens is 448 g/mol. The Morgan fingerprint density at radius 3 is 2.47 bits per heavy atom. The van der Waals surface area contributed by atoms with Crippen LogP contribution in [0.1, 0.15) is 33.8 Å². The van der Waals surface area contributed by atoms with Gasteiger partial charge in [-0.25, -0.2) is 9.98 Å². The summed E-state index contributed by atoms with van der Waals surface area (Å²) in [6.45, 7) is 8.48. The molecule has 4 rings (SSSR count). The number of piperidine rings is 1. The Labute approximate surface area is 202 Å². The van der Waals surface area contributed by atoms with Crippen LogP contribution in [0, 0.1) is 19.8 Å². The highest BCUT2D eigenvalue weighted by Gasteiger charge is 2.28. The second-order valence-corrected chi connectivity index (χ2v) is 9.32. The van der Waals surface area contributed by atoms with E-state index >= 15 is 0 Å². The van der Waals surface area contributed by atoms with Crippen LogP contribution in [0.25, 0.3) is 10.6 Å². The molecule has 2 amide bonds. The summed E-state index contributed by atoms with van der Waals surface area (Å²) in [5.74, 6) is -0.230. The van der Waals surface area contributed by atoms with Gasteiger partial charge in [0.15, 0.2) is 0 Å². The quantitative estimate of drug-likeness (QED) is 0.453. The fraction of sp³-hybridized carbons (Fsp3) is 0.280. The van der Waals surface area contributed by atoms with Gasteiger partial charge in [0, 0.05) is 30.1 Å². The van der Waals surface area contributed by atoms with E-state index in [1.807, 2.05) is 62.4 Å². The molecule has 0 unspecified atom stereocenters. The second kappa shape index (κ2) is 10.5. The Balaban J connectivity index is 1.41. The molecule has 0 bridgehead atoms. The summed E-state index contributed by atoms with van der Waals surface area (Å²) in [4.78, 5) is 35.8. The number of carbonyl (C=O) groups is 2. The van der Waals surface area contributed by atoms with E-state index in [-0.39, 0.29) is 23.7 Å². The molecule has 1 aliphatic heterocycles. The molecule has 174 valence electrons. The van der Waals surface area contributed by atoms with E-state index in [9.17, 15) is 9.59 Å². The van der Waals surface area contributed by atoms with Gasteiger partial charge in [-0.05, 0) is 57.2 Å². The number of guanidine groups is 1. The van der Waals surface area contributed by atoms with Crippen LogP contribution in [0.4, 0.5) is 5.69 Å². The van der Waals surface area contributed by atoms with Crippen molar-refractivity contribution >= 4 is 41.5 Å². The zero-order valence-corrected chi connectivity index (χ0v) is 20.0. The van der Waals surface area contributed by atoms with Crippen molar-refractivity contribution in [3.05, 3.63) is 64.7 Å². The van der Waals surface area contributed by atoms with Crippen molar-refractivity contribution in [1.29, 1.82) is 0 Å². The van der Waals surface area contributed by atoms with Gasteiger partial charge in [-0.15, -0.1) is 10.2 Å². The molecule has 8 nitrogen and oxygen atoms in total. The number of rotatable bonds is 4. The minimum absolute atomic E-state index is 0.00421. The number of hydrogen-bond donors (Lipinski definition) is 1. The first-order valence-corrected chi connectivity index (χ1v) is 11.9. The largest absolute Gasteiger partial charge is 0.339 e. The molecule has 2 heterocycles. The first kappa shape index (κ1) is 23.4. The molecule has 1 fully saturated rings.